The minimum absolute atomic E-state index is 0.397. The van der Waals surface area contributed by atoms with Crippen molar-refractivity contribution in [2.24, 2.45) is 0 Å². The third-order valence-corrected chi connectivity index (χ3v) is 13.0. The predicted octanol–water partition coefficient (Wildman–Crippen LogP) is 14.5. The van der Waals surface area contributed by atoms with Crippen molar-refractivity contribution in [3.63, 3.8) is 0 Å². The molecular weight excluding hydrogens is 661 g/mol. The summed E-state index contributed by atoms with van der Waals surface area (Å²) in [7, 11) is 0. The first-order chi connectivity index (χ1) is 27.3. The lowest BCUT2D eigenvalue weighted by molar-refractivity contribution is 0.796. The van der Waals surface area contributed by atoms with E-state index in [1.807, 2.05) is 0 Å². The van der Waals surface area contributed by atoms with Crippen molar-refractivity contribution < 1.29 is 0 Å². The van der Waals surface area contributed by atoms with Gasteiger partial charge in [-0.25, -0.2) is 0 Å². The van der Waals surface area contributed by atoms with Crippen LogP contribution in [0.4, 0.5) is 0 Å². The zero-order chi connectivity index (χ0) is 35.8. The van der Waals surface area contributed by atoms with Gasteiger partial charge in [0.25, 0.3) is 0 Å². The molecule has 0 fully saturated rings. The van der Waals surface area contributed by atoms with E-state index >= 15 is 0 Å². The van der Waals surface area contributed by atoms with Crippen LogP contribution in [0.5, 0.6) is 0 Å². The van der Waals surface area contributed by atoms with Crippen molar-refractivity contribution in [1.29, 1.82) is 0 Å². The highest BCUT2D eigenvalue weighted by Gasteiger charge is 2.51. The molecule has 0 unspecified atom stereocenters. The molecular formula is C55H32. The van der Waals surface area contributed by atoms with Gasteiger partial charge in [-0.1, -0.05) is 164 Å². The summed E-state index contributed by atoms with van der Waals surface area (Å²) in [6.45, 7) is 0. The van der Waals surface area contributed by atoms with Gasteiger partial charge in [-0.15, -0.1) is 0 Å². The van der Waals surface area contributed by atoms with Crippen molar-refractivity contribution >= 4 is 32.3 Å². The average molecular weight is 693 g/mol. The zero-order valence-electron chi connectivity index (χ0n) is 30.0. The molecule has 3 aliphatic rings. The fourth-order valence-corrected chi connectivity index (χ4v) is 10.7. The molecule has 13 rings (SSSR count). The number of rotatable bonds is 2. The van der Waals surface area contributed by atoms with Crippen LogP contribution in [-0.4, -0.2) is 0 Å². The van der Waals surface area contributed by atoms with Gasteiger partial charge in [0.15, 0.2) is 0 Å². The summed E-state index contributed by atoms with van der Waals surface area (Å²) in [5, 5.41) is 7.76. The van der Waals surface area contributed by atoms with E-state index in [0.29, 0.717) is 0 Å². The summed E-state index contributed by atoms with van der Waals surface area (Å²) < 4.78 is 0. The molecule has 3 aliphatic carbocycles. The SMILES string of the molecule is c1ccc(-c2ccc3c4c(cccc24)-c2ccccc2-3)c(-c2ccc3cc4c(cc3c2)C2(c3ccccc3-c3ccccc32)c2cc3ccccc3cc2-4)c1. The van der Waals surface area contributed by atoms with E-state index in [1.165, 1.54) is 121 Å². The molecule has 55 heavy (non-hydrogen) atoms. The molecule has 0 nitrogen and oxygen atoms in total. The molecule has 10 aromatic rings. The minimum atomic E-state index is -0.397. The molecule has 0 heteroatoms. The maximum atomic E-state index is 2.52. The Morgan fingerprint density at radius 1 is 0.236 bits per heavy atom. The Bertz CT molecular complexity index is 3250. The highest BCUT2D eigenvalue weighted by Crippen LogP contribution is 2.63. The van der Waals surface area contributed by atoms with Gasteiger partial charge in [-0.05, 0) is 152 Å². The van der Waals surface area contributed by atoms with Crippen molar-refractivity contribution in [3.05, 3.63) is 216 Å². The first-order valence-corrected chi connectivity index (χ1v) is 19.3. The van der Waals surface area contributed by atoms with E-state index < -0.39 is 5.41 Å². The van der Waals surface area contributed by atoms with Crippen molar-refractivity contribution in [1.82, 2.24) is 0 Å². The molecule has 0 bridgehead atoms. The zero-order valence-corrected chi connectivity index (χ0v) is 30.0. The number of hydrogen-bond acceptors (Lipinski definition) is 0. The molecule has 10 aromatic carbocycles. The van der Waals surface area contributed by atoms with Gasteiger partial charge in [0, 0.05) is 0 Å². The molecule has 252 valence electrons. The maximum Gasteiger partial charge on any atom is 0.0725 e. The topological polar surface area (TPSA) is 0 Å². The summed E-state index contributed by atoms with van der Waals surface area (Å²) in [6, 6.07) is 73.4. The third kappa shape index (κ3) is 3.71. The van der Waals surface area contributed by atoms with Gasteiger partial charge >= 0.3 is 0 Å². The monoisotopic (exact) mass is 692 g/mol. The van der Waals surface area contributed by atoms with Gasteiger partial charge in [0.2, 0.25) is 0 Å². The van der Waals surface area contributed by atoms with E-state index in [-0.39, 0.29) is 0 Å². The van der Waals surface area contributed by atoms with Crippen LogP contribution in [0, 0.1) is 0 Å². The largest absolute Gasteiger partial charge is 0.0725 e. The van der Waals surface area contributed by atoms with Gasteiger partial charge in [-0.3, -0.25) is 0 Å². The molecule has 0 radical (unpaired) electrons. The third-order valence-electron chi connectivity index (χ3n) is 13.0. The highest BCUT2D eigenvalue weighted by atomic mass is 14.5. The van der Waals surface area contributed by atoms with Crippen LogP contribution in [0.25, 0.3) is 99.1 Å². The lowest BCUT2D eigenvalue weighted by atomic mass is 9.70. The lowest BCUT2D eigenvalue weighted by Gasteiger charge is -2.30. The van der Waals surface area contributed by atoms with Crippen LogP contribution in [0.15, 0.2) is 194 Å². The normalized spacial score (nSPS) is 13.6. The molecule has 0 saturated carbocycles. The molecule has 0 N–H and O–H groups in total. The standard InChI is InChI=1S/C55H32/c1-2-13-34-31-52-48(29-33(34)12-1)49-30-35-24-25-36(28-37(35)32-53(49)55(52)50-22-9-7-18-43(50)44-19-8-10-23-51(44)55)38-14-3-4-15-39(38)42-26-27-47-41-17-6-5-16-40(41)45-20-11-21-46(42)54(45)47/h1-32H. The fourth-order valence-electron chi connectivity index (χ4n) is 10.7. The first-order valence-electron chi connectivity index (χ1n) is 19.3. The summed E-state index contributed by atoms with van der Waals surface area (Å²) in [6.07, 6.45) is 0. The van der Waals surface area contributed by atoms with Gasteiger partial charge in [0.1, 0.15) is 0 Å². The molecule has 1 spiro atoms. The first kappa shape index (κ1) is 29.4. The predicted molar refractivity (Wildman–Crippen MR) is 231 cm³/mol. The van der Waals surface area contributed by atoms with E-state index in [9.17, 15) is 0 Å². The lowest BCUT2D eigenvalue weighted by Crippen LogP contribution is -2.25. The van der Waals surface area contributed by atoms with Gasteiger partial charge in [0.05, 0.1) is 5.41 Å². The van der Waals surface area contributed by atoms with Gasteiger partial charge in [-0.2, -0.15) is 0 Å². The quantitative estimate of drug-likeness (QED) is 0.169. The van der Waals surface area contributed by atoms with Crippen LogP contribution < -0.4 is 0 Å². The van der Waals surface area contributed by atoms with E-state index in [1.54, 1.807) is 0 Å². The van der Waals surface area contributed by atoms with Crippen molar-refractivity contribution in [3.8, 4) is 66.8 Å². The van der Waals surface area contributed by atoms with E-state index in [0.717, 1.165) is 0 Å². The van der Waals surface area contributed by atoms with E-state index in [2.05, 4.69) is 194 Å². The Morgan fingerprint density at radius 2 is 0.709 bits per heavy atom. The number of fused-ring (bicyclic) bond motifs is 15. The Labute approximate surface area is 319 Å². The Kier molecular flexibility index (Phi) is 5.65. The van der Waals surface area contributed by atoms with Crippen LogP contribution >= 0.6 is 0 Å². The summed E-state index contributed by atoms with van der Waals surface area (Å²) in [4.78, 5) is 0. The molecule has 0 saturated heterocycles. The summed E-state index contributed by atoms with van der Waals surface area (Å²) in [5.74, 6) is 0. The van der Waals surface area contributed by atoms with Gasteiger partial charge < -0.3 is 0 Å². The van der Waals surface area contributed by atoms with Crippen LogP contribution in [0.1, 0.15) is 22.3 Å². The Morgan fingerprint density at radius 3 is 1.38 bits per heavy atom. The Hall–Kier alpha value is -7.02. The Balaban J connectivity index is 1.05. The minimum Gasteiger partial charge on any atom is -0.0619 e. The van der Waals surface area contributed by atoms with Crippen molar-refractivity contribution in [2.45, 2.75) is 5.41 Å². The molecule has 0 aliphatic heterocycles. The smallest absolute Gasteiger partial charge is 0.0619 e. The average Bonchev–Trinajstić information content (AvgIpc) is 3.84. The summed E-state index contributed by atoms with van der Waals surface area (Å²) in [5.41, 5.74) is 20.8. The second-order valence-electron chi connectivity index (χ2n) is 15.5. The number of hydrogen-bond donors (Lipinski definition) is 0. The maximum absolute atomic E-state index is 2.52. The highest BCUT2D eigenvalue weighted by molar-refractivity contribution is 6.19. The molecule has 0 amide bonds. The second-order valence-corrected chi connectivity index (χ2v) is 15.5. The summed E-state index contributed by atoms with van der Waals surface area (Å²) >= 11 is 0. The fraction of sp³-hybridized carbons (Fsp3) is 0.0182. The van der Waals surface area contributed by atoms with E-state index in [4.69, 9.17) is 0 Å². The number of benzene rings is 10. The molecule has 0 atom stereocenters. The van der Waals surface area contributed by atoms with Crippen LogP contribution in [0.3, 0.4) is 0 Å². The molecule has 0 heterocycles. The second kappa shape index (κ2) is 10.6. The van der Waals surface area contributed by atoms with Crippen molar-refractivity contribution in [2.75, 3.05) is 0 Å². The van der Waals surface area contributed by atoms with Crippen LogP contribution in [-0.2, 0) is 5.41 Å². The molecule has 0 aromatic heterocycles. The van der Waals surface area contributed by atoms with Crippen LogP contribution in [0.2, 0.25) is 0 Å².